The number of aryl methyl sites for hydroxylation is 2. The lowest BCUT2D eigenvalue weighted by Crippen LogP contribution is -1.90. The van der Waals surface area contributed by atoms with E-state index >= 15 is 0 Å². The fourth-order valence-corrected chi connectivity index (χ4v) is 2.07. The van der Waals surface area contributed by atoms with Crippen LogP contribution in [0.15, 0.2) is 54.6 Å². The second-order valence-electron chi connectivity index (χ2n) is 4.80. The van der Waals surface area contributed by atoms with Gasteiger partial charge in [0.2, 0.25) is 0 Å². The van der Waals surface area contributed by atoms with Gasteiger partial charge < -0.3 is 5.41 Å². The quantitative estimate of drug-likeness (QED) is 0.767. The van der Waals surface area contributed by atoms with Crippen molar-refractivity contribution in [1.82, 2.24) is 0 Å². The first-order valence-corrected chi connectivity index (χ1v) is 6.53. The van der Waals surface area contributed by atoms with Crippen LogP contribution in [0.1, 0.15) is 22.3 Å². The lowest BCUT2D eigenvalue weighted by Gasteiger charge is -2.05. The van der Waals surface area contributed by atoms with E-state index in [-0.39, 0.29) is 0 Å². The first-order valence-electron chi connectivity index (χ1n) is 6.53. The van der Waals surface area contributed by atoms with Crippen LogP contribution in [0.2, 0.25) is 0 Å². The van der Waals surface area contributed by atoms with Gasteiger partial charge in [-0.3, -0.25) is 0 Å². The second kappa shape index (κ2) is 6.14. The summed E-state index contributed by atoms with van der Waals surface area (Å²) >= 11 is 0. The Hall–Kier alpha value is -2.15. The molecule has 0 saturated heterocycles. The molecular weight excluding hydrogens is 230 g/mol. The fourth-order valence-electron chi connectivity index (χ4n) is 2.07. The molecule has 0 radical (unpaired) electrons. The molecule has 2 rings (SSSR count). The smallest absolute Gasteiger partial charge is 0.0253 e. The summed E-state index contributed by atoms with van der Waals surface area (Å²) in [6, 6.07) is 16.7. The van der Waals surface area contributed by atoms with Gasteiger partial charge in [-0.2, -0.15) is 0 Å². The van der Waals surface area contributed by atoms with Gasteiger partial charge in [0.05, 0.1) is 0 Å². The molecule has 0 saturated carbocycles. The summed E-state index contributed by atoms with van der Waals surface area (Å²) in [5, 5.41) is 7.58. The topological polar surface area (TPSA) is 23.9 Å². The Morgan fingerprint density at radius 3 is 2.32 bits per heavy atom. The van der Waals surface area contributed by atoms with Crippen molar-refractivity contribution in [1.29, 1.82) is 5.41 Å². The summed E-state index contributed by atoms with van der Waals surface area (Å²) in [5.74, 6) is 0. The molecule has 0 fully saturated rings. The van der Waals surface area contributed by atoms with Gasteiger partial charge in [0, 0.05) is 6.21 Å². The number of rotatable bonds is 4. The summed E-state index contributed by atoms with van der Waals surface area (Å²) in [5.41, 5.74) is 5.94. The third-order valence-electron chi connectivity index (χ3n) is 3.34. The molecule has 0 atom stereocenters. The van der Waals surface area contributed by atoms with Crippen LogP contribution in [0.3, 0.4) is 0 Å². The molecule has 0 heterocycles. The van der Waals surface area contributed by atoms with E-state index in [9.17, 15) is 0 Å². The van der Waals surface area contributed by atoms with E-state index in [4.69, 9.17) is 5.41 Å². The Morgan fingerprint density at radius 2 is 1.68 bits per heavy atom. The molecule has 0 aliphatic heterocycles. The molecule has 1 heteroatoms. The zero-order valence-electron chi connectivity index (χ0n) is 11.5. The molecule has 0 aliphatic carbocycles. The third kappa shape index (κ3) is 3.41. The number of hydrogen-bond donors (Lipinski definition) is 1. The average molecular weight is 249 g/mol. The maximum Gasteiger partial charge on any atom is 0.0253 e. The molecule has 1 nitrogen and oxygen atoms in total. The van der Waals surface area contributed by atoms with Crippen molar-refractivity contribution in [2.75, 3.05) is 0 Å². The molecule has 0 amide bonds. The van der Waals surface area contributed by atoms with Crippen LogP contribution in [0.4, 0.5) is 0 Å². The molecule has 0 aromatic heterocycles. The van der Waals surface area contributed by atoms with Crippen molar-refractivity contribution < 1.29 is 0 Å². The normalized spacial score (nSPS) is 11.4. The van der Waals surface area contributed by atoms with Crippen LogP contribution in [0.5, 0.6) is 0 Å². The van der Waals surface area contributed by atoms with Gasteiger partial charge in [0.25, 0.3) is 0 Å². The van der Waals surface area contributed by atoms with E-state index in [2.05, 4.69) is 68.5 Å². The molecular formula is C18H19N. The summed E-state index contributed by atoms with van der Waals surface area (Å²) < 4.78 is 0. The summed E-state index contributed by atoms with van der Waals surface area (Å²) in [6.45, 7) is 4.20. The number of allylic oxidation sites excluding steroid dienone is 2. The third-order valence-corrected chi connectivity index (χ3v) is 3.34. The minimum Gasteiger partial charge on any atom is -0.308 e. The largest absolute Gasteiger partial charge is 0.308 e. The van der Waals surface area contributed by atoms with E-state index < -0.39 is 0 Å². The van der Waals surface area contributed by atoms with Gasteiger partial charge in [0.1, 0.15) is 0 Å². The second-order valence-corrected chi connectivity index (χ2v) is 4.80. The fraction of sp³-hybridized carbons (Fsp3) is 0.167. The predicted octanol–water partition coefficient (Wildman–Crippen LogP) is 4.58. The van der Waals surface area contributed by atoms with E-state index in [1.165, 1.54) is 22.9 Å². The molecule has 0 bridgehead atoms. The molecule has 0 aliphatic rings. The van der Waals surface area contributed by atoms with Crippen LogP contribution in [-0.4, -0.2) is 6.21 Å². The molecule has 0 spiro atoms. The Kier molecular flexibility index (Phi) is 4.30. The van der Waals surface area contributed by atoms with Gasteiger partial charge in [-0.25, -0.2) is 0 Å². The lowest BCUT2D eigenvalue weighted by molar-refractivity contribution is 1.22. The number of hydrogen-bond acceptors (Lipinski definition) is 1. The monoisotopic (exact) mass is 249 g/mol. The average Bonchev–Trinajstić information content (AvgIpc) is 2.43. The Morgan fingerprint density at radius 1 is 1.00 bits per heavy atom. The van der Waals surface area contributed by atoms with Crippen LogP contribution >= 0.6 is 0 Å². The van der Waals surface area contributed by atoms with Gasteiger partial charge >= 0.3 is 0 Å². The molecule has 19 heavy (non-hydrogen) atoms. The summed E-state index contributed by atoms with van der Waals surface area (Å²) in [6.07, 6.45) is 4.42. The Balaban J connectivity index is 2.23. The molecule has 0 unspecified atom stereocenters. The predicted molar refractivity (Wildman–Crippen MR) is 82.8 cm³/mol. The minimum absolute atomic E-state index is 0.866. The van der Waals surface area contributed by atoms with E-state index in [1.54, 1.807) is 0 Å². The first-order chi connectivity index (χ1) is 9.20. The first kappa shape index (κ1) is 13.3. The van der Waals surface area contributed by atoms with E-state index in [1.807, 2.05) is 0 Å². The highest BCUT2D eigenvalue weighted by Crippen LogP contribution is 2.16. The van der Waals surface area contributed by atoms with Gasteiger partial charge in [-0.15, -0.1) is 0 Å². The summed E-state index contributed by atoms with van der Waals surface area (Å²) in [4.78, 5) is 0. The molecule has 2 aromatic carbocycles. The van der Waals surface area contributed by atoms with Crippen molar-refractivity contribution in [3.63, 3.8) is 0 Å². The van der Waals surface area contributed by atoms with Crippen LogP contribution in [-0.2, 0) is 6.42 Å². The minimum atomic E-state index is 0.866. The molecule has 96 valence electrons. The van der Waals surface area contributed by atoms with Crippen LogP contribution < -0.4 is 0 Å². The molecule has 2 aromatic rings. The standard InChI is InChI=1S/C18H19N/c1-14-7-9-17(10-8-14)18(13-19)12-11-16-6-4-3-5-15(16)2/h3-10,12-13,19H,11H2,1-2H3/b18-12+,19-13?. The highest BCUT2D eigenvalue weighted by molar-refractivity contribution is 6.08. The van der Waals surface area contributed by atoms with Crippen LogP contribution in [0.25, 0.3) is 5.57 Å². The highest BCUT2D eigenvalue weighted by Gasteiger charge is 1.99. The van der Waals surface area contributed by atoms with Crippen molar-refractivity contribution >= 4 is 11.8 Å². The van der Waals surface area contributed by atoms with Gasteiger partial charge in [-0.05, 0) is 42.5 Å². The zero-order valence-corrected chi connectivity index (χ0v) is 11.5. The number of nitrogens with one attached hydrogen (secondary N) is 1. The summed E-state index contributed by atoms with van der Waals surface area (Å²) in [7, 11) is 0. The van der Waals surface area contributed by atoms with Crippen molar-refractivity contribution in [2.24, 2.45) is 0 Å². The van der Waals surface area contributed by atoms with E-state index in [0.717, 1.165) is 17.6 Å². The number of benzene rings is 2. The van der Waals surface area contributed by atoms with Crippen molar-refractivity contribution in [3.05, 3.63) is 76.9 Å². The van der Waals surface area contributed by atoms with Crippen molar-refractivity contribution in [2.45, 2.75) is 20.3 Å². The van der Waals surface area contributed by atoms with Crippen molar-refractivity contribution in [3.8, 4) is 0 Å². The maximum atomic E-state index is 7.58. The van der Waals surface area contributed by atoms with Crippen LogP contribution in [0, 0.1) is 19.3 Å². The Bertz CT molecular complexity index is 591. The van der Waals surface area contributed by atoms with Gasteiger partial charge in [-0.1, -0.05) is 60.2 Å². The SMILES string of the molecule is Cc1ccc(/C(C=N)=C/Cc2ccccc2C)cc1. The van der Waals surface area contributed by atoms with Gasteiger partial charge in [0.15, 0.2) is 0 Å². The highest BCUT2D eigenvalue weighted by atomic mass is 14.3. The Labute approximate surface area is 115 Å². The maximum absolute atomic E-state index is 7.58. The lowest BCUT2D eigenvalue weighted by atomic mass is 10.0. The van der Waals surface area contributed by atoms with E-state index in [0.29, 0.717) is 0 Å². The molecule has 1 N–H and O–H groups in total. The zero-order chi connectivity index (χ0) is 13.7.